The molecule has 4 aromatic rings. The van der Waals surface area contributed by atoms with Gasteiger partial charge in [0.25, 0.3) is 0 Å². The van der Waals surface area contributed by atoms with Crippen LogP contribution < -0.4 is 10.1 Å². The molecule has 0 bridgehead atoms. The summed E-state index contributed by atoms with van der Waals surface area (Å²) in [6.45, 7) is 5.68. The van der Waals surface area contributed by atoms with E-state index in [-0.39, 0.29) is 17.7 Å². The van der Waals surface area contributed by atoms with E-state index in [0.29, 0.717) is 39.8 Å². The molecule has 0 atom stereocenters. The van der Waals surface area contributed by atoms with Crippen molar-refractivity contribution in [3.05, 3.63) is 95.6 Å². The van der Waals surface area contributed by atoms with Gasteiger partial charge in [-0.1, -0.05) is 37.3 Å². The number of phenols is 1. The zero-order chi connectivity index (χ0) is 27.4. The molecule has 1 amide bonds. The summed E-state index contributed by atoms with van der Waals surface area (Å²) in [5, 5.41) is 14.2. The zero-order valence-electron chi connectivity index (χ0n) is 21.3. The lowest BCUT2D eigenvalue weighted by molar-refractivity contribution is -0.137. The minimum Gasteiger partial charge on any atom is -0.508 e. The van der Waals surface area contributed by atoms with Gasteiger partial charge in [0, 0.05) is 23.1 Å². The molecule has 2 N–H and O–H groups in total. The van der Waals surface area contributed by atoms with E-state index >= 15 is 0 Å². The van der Waals surface area contributed by atoms with Crippen LogP contribution in [0.4, 0.5) is 13.2 Å². The molecule has 0 fully saturated rings. The Balaban J connectivity index is 1.80. The first kappa shape index (κ1) is 26.8. The Morgan fingerprint density at radius 3 is 2.42 bits per heavy atom. The second-order valence-electron chi connectivity index (χ2n) is 9.25. The molecule has 0 radical (unpaired) electrons. The number of alkyl halides is 3. The second kappa shape index (κ2) is 11.0. The van der Waals surface area contributed by atoms with Crippen LogP contribution in [0.2, 0.25) is 0 Å². The van der Waals surface area contributed by atoms with Gasteiger partial charge in [-0.05, 0) is 90.9 Å². The van der Waals surface area contributed by atoms with Gasteiger partial charge < -0.3 is 15.2 Å². The van der Waals surface area contributed by atoms with Crippen molar-refractivity contribution in [3.8, 4) is 28.4 Å². The fraction of sp³-hybridized carbons (Fsp3) is 0.194. The molecule has 0 aliphatic rings. The highest BCUT2D eigenvalue weighted by atomic mass is 19.4. The highest BCUT2D eigenvalue weighted by Gasteiger charge is 2.31. The van der Waals surface area contributed by atoms with Crippen LogP contribution in [0.3, 0.4) is 0 Å². The first-order valence-electron chi connectivity index (χ1n) is 12.3. The van der Waals surface area contributed by atoms with E-state index in [1.807, 2.05) is 26.8 Å². The van der Waals surface area contributed by atoms with Crippen molar-refractivity contribution in [1.29, 1.82) is 0 Å². The molecule has 4 nitrogen and oxygen atoms in total. The van der Waals surface area contributed by atoms with E-state index in [9.17, 15) is 23.1 Å². The van der Waals surface area contributed by atoms with E-state index in [1.54, 1.807) is 48.5 Å². The molecule has 0 aliphatic heterocycles. The number of hydrogen-bond acceptors (Lipinski definition) is 3. The normalized spacial score (nSPS) is 11.9. The van der Waals surface area contributed by atoms with Gasteiger partial charge in [0.15, 0.2) is 0 Å². The van der Waals surface area contributed by atoms with Gasteiger partial charge >= 0.3 is 6.18 Å². The number of rotatable bonds is 7. The van der Waals surface area contributed by atoms with E-state index < -0.39 is 11.7 Å². The fourth-order valence-corrected chi connectivity index (χ4v) is 4.24. The predicted molar refractivity (Wildman–Crippen MR) is 144 cm³/mol. The molecule has 7 heteroatoms. The van der Waals surface area contributed by atoms with E-state index in [4.69, 9.17) is 4.74 Å². The molecule has 0 saturated heterocycles. The Hall–Kier alpha value is -4.26. The number of carbonyl (C=O) groups excluding carboxylic acids is 1. The quantitative estimate of drug-likeness (QED) is 0.242. The summed E-state index contributed by atoms with van der Waals surface area (Å²) in [6.07, 6.45) is -0.811. The van der Waals surface area contributed by atoms with Crippen LogP contribution >= 0.6 is 0 Å². The molecule has 0 aliphatic carbocycles. The van der Waals surface area contributed by atoms with Crippen LogP contribution in [-0.2, 0) is 17.4 Å². The molecule has 0 spiro atoms. The van der Waals surface area contributed by atoms with Crippen molar-refractivity contribution in [2.75, 3.05) is 0 Å². The Labute approximate surface area is 219 Å². The highest BCUT2D eigenvalue weighted by molar-refractivity contribution is 5.98. The number of halogens is 3. The number of nitrogens with one attached hydrogen (secondary N) is 1. The lowest BCUT2D eigenvalue weighted by atomic mass is 9.91. The number of ether oxygens (including phenoxy) is 1. The topological polar surface area (TPSA) is 58.6 Å². The maximum atomic E-state index is 13.5. The van der Waals surface area contributed by atoms with Crippen molar-refractivity contribution < 1.29 is 27.8 Å². The third kappa shape index (κ3) is 6.17. The number of fused-ring (bicyclic) bond motifs is 1. The van der Waals surface area contributed by atoms with Crippen molar-refractivity contribution in [3.63, 3.8) is 0 Å². The Morgan fingerprint density at radius 1 is 1.03 bits per heavy atom. The van der Waals surface area contributed by atoms with Gasteiger partial charge in [0.1, 0.15) is 17.2 Å². The van der Waals surface area contributed by atoms with Crippen LogP contribution in [-0.4, -0.2) is 17.1 Å². The van der Waals surface area contributed by atoms with Gasteiger partial charge in [0.05, 0.1) is 5.56 Å². The number of amides is 1. The second-order valence-corrected chi connectivity index (χ2v) is 9.25. The SMILES string of the molecule is CCc1cc2cc(O)ccc2c(Oc2ccc(/C=C/C(=O)NC(C)C)cc2)c1-c1cccc(C(F)(F)F)c1. The summed E-state index contributed by atoms with van der Waals surface area (Å²) < 4.78 is 47.0. The van der Waals surface area contributed by atoms with Gasteiger partial charge in [-0.25, -0.2) is 0 Å². The Bertz CT molecular complexity index is 1490. The summed E-state index contributed by atoms with van der Waals surface area (Å²) in [5.41, 5.74) is 1.77. The summed E-state index contributed by atoms with van der Waals surface area (Å²) >= 11 is 0. The standard InChI is InChI=1S/C31H28F3NO3/c1-4-21-16-23-18-25(36)11-14-27(23)30(29(21)22-6-5-7-24(17-22)31(32,33)34)38-26-12-8-20(9-13-26)10-15-28(37)35-19(2)3/h5-19,36H,4H2,1-3H3,(H,35,37)/b15-10+. The first-order valence-corrected chi connectivity index (χ1v) is 12.3. The number of aromatic hydroxyl groups is 1. The largest absolute Gasteiger partial charge is 0.508 e. The molecule has 0 unspecified atom stereocenters. The minimum absolute atomic E-state index is 0.0320. The average Bonchev–Trinajstić information content (AvgIpc) is 2.87. The molecule has 196 valence electrons. The Kier molecular flexibility index (Phi) is 7.76. The number of hydrogen-bond donors (Lipinski definition) is 2. The van der Waals surface area contributed by atoms with Crippen LogP contribution in [0.15, 0.2) is 78.9 Å². The molecule has 4 rings (SSSR count). The summed E-state index contributed by atoms with van der Waals surface area (Å²) in [5.74, 6) is 0.759. The number of benzene rings is 4. The minimum atomic E-state index is -4.48. The van der Waals surface area contributed by atoms with E-state index in [0.717, 1.165) is 23.3 Å². The van der Waals surface area contributed by atoms with Crippen LogP contribution in [0.25, 0.3) is 28.0 Å². The van der Waals surface area contributed by atoms with Gasteiger partial charge in [0.2, 0.25) is 5.91 Å². The lowest BCUT2D eigenvalue weighted by Crippen LogP contribution is -2.28. The number of carbonyl (C=O) groups is 1. The van der Waals surface area contributed by atoms with Gasteiger partial charge in [-0.15, -0.1) is 0 Å². The van der Waals surface area contributed by atoms with Crippen molar-refractivity contribution in [2.45, 2.75) is 39.4 Å². The maximum Gasteiger partial charge on any atom is 0.416 e. The van der Waals surface area contributed by atoms with Crippen LogP contribution in [0.1, 0.15) is 37.5 Å². The summed E-state index contributed by atoms with van der Waals surface area (Å²) in [4.78, 5) is 11.9. The smallest absolute Gasteiger partial charge is 0.416 e. The van der Waals surface area contributed by atoms with Gasteiger partial charge in [-0.3, -0.25) is 4.79 Å². The summed E-state index contributed by atoms with van der Waals surface area (Å²) in [7, 11) is 0. The van der Waals surface area contributed by atoms with Crippen LogP contribution in [0.5, 0.6) is 17.2 Å². The molecule has 4 aromatic carbocycles. The maximum absolute atomic E-state index is 13.5. The monoisotopic (exact) mass is 519 g/mol. The average molecular weight is 520 g/mol. The third-order valence-corrected chi connectivity index (χ3v) is 5.98. The number of phenolic OH excluding ortho intramolecular Hbond substituents is 1. The number of aryl methyl sites for hydroxylation is 1. The van der Waals surface area contributed by atoms with Crippen molar-refractivity contribution in [1.82, 2.24) is 5.32 Å². The van der Waals surface area contributed by atoms with Crippen molar-refractivity contribution in [2.24, 2.45) is 0 Å². The Morgan fingerprint density at radius 2 is 1.76 bits per heavy atom. The van der Waals surface area contributed by atoms with Crippen molar-refractivity contribution >= 4 is 22.8 Å². The van der Waals surface area contributed by atoms with Gasteiger partial charge in [-0.2, -0.15) is 13.2 Å². The summed E-state index contributed by atoms with van der Waals surface area (Å²) in [6, 6.07) is 19.0. The lowest BCUT2D eigenvalue weighted by Gasteiger charge is -2.19. The molecule has 0 heterocycles. The molecular weight excluding hydrogens is 491 g/mol. The van der Waals surface area contributed by atoms with Crippen LogP contribution in [0, 0.1) is 0 Å². The molecule has 38 heavy (non-hydrogen) atoms. The van der Waals surface area contributed by atoms with E-state index in [1.165, 1.54) is 18.2 Å². The molecule has 0 saturated carbocycles. The zero-order valence-corrected chi connectivity index (χ0v) is 21.3. The first-order chi connectivity index (χ1) is 18.0. The van der Waals surface area contributed by atoms with E-state index in [2.05, 4.69) is 5.32 Å². The predicted octanol–water partition coefficient (Wildman–Crippen LogP) is 8.12. The molecule has 0 aromatic heterocycles. The highest BCUT2D eigenvalue weighted by Crippen LogP contribution is 2.44. The molecular formula is C31H28F3NO3. The third-order valence-electron chi connectivity index (χ3n) is 5.98. The fourth-order valence-electron chi connectivity index (χ4n) is 4.24.